The van der Waals surface area contributed by atoms with Crippen molar-refractivity contribution >= 4 is 5.97 Å². The summed E-state index contributed by atoms with van der Waals surface area (Å²) < 4.78 is 6.45. The summed E-state index contributed by atoms with van der Waals surface area (Å²) in [5.41, 5.74) is 6.29. The van der Waals surface area contributed by atoms with Crippen LogP contribution in [0.2, 0.25) is 0 Å². The van der Waals surface area contributed by atoms with Crippen molar-refractivity contribution < 1.29 is 14.6 Å². The number of carbonyl (C=O) groups is 1. The second-order valence-electron chi connectivity index (χ2n) is 6.64. The number of hydrogen-bond acceptors (Lipinski definition) is 2. The van der Waals surface area contributed by atoms with Crippen molar-refractivity contribution in [2.45, 2.75) is 18.6 Å². The van der Waals surface area contributed by atoms with E-state index in [1.54, 1.807) is 12.1 Å². The summed E-state index contributed by atoms with van der Waals surface area (Å²) >= 11 is 0. The van der Waals surface area contributed by atoms with Gasteiger partial charge in [-0.15, -0.1) is 0 Å². The van der Waals surface area contributed by atoms with Gasteiger partial charge in [0.25, 0.3) is 0 Å². The number of rotatable bonds is 1. The van der Waals surface area contributed by atoms with E-state index in [0.717, 1.165) is 28.7 Å². The maximum Gasteiger partial charge on any atom is 0.335 e. The highest BCUT2D eigenvalue weighted by Gasteiger charge is 2.47. The van der Waals surface area contributed by atoms with Gasteiger partial charge >= 0.3 is 5.97 Å². The Morgan fingerprint density at radius 2 is 1.48 bits per heavy atom. The van der Waals surface area contributed by atoms with E-state index in [1.807, 2.05) is 30.3 Å². The summed E-state index contributed by atoms with van der Waals surface area (Å²) in [6.07, 6.45) is 0.866. The molecule has 0 unspecified atom stereocenters. The summed E-state index contributed by atoms with van der Waals surface area (Å²) in [4.78, 5) is 11.5. The molecule has 1 spiro atoms. The van der Waals surface area contributed by atoms with Crippen molar-refractivity contribution in [1.29, 1.82) is 0 Å². The summed E-state index contributed by atoms with van der Waals surface area (Å²) in [6, 6.07) is 21.9. The Morgan fingerprint density at radius 1 is 0.840 bits per heavy atom. The van der Waals surface area contributed by atoms with Crippen LogP contribution < -0.4 is 0 Å². The van der Waals surface area contributed by atoms with Gasteiger partial charge in [0.15, 0.2) is 0 Å². The van der Waals surface area contributed by atoms with E-state index in [9.17, 15) is 9.90 Å². The number of carboxylic acids is 1. The number of benzene rings is 3. The number of ether oxygens (including phenoxy) is 1. The summed E-state index contributed by atoms with van der Waals surface area (Å²) in [7, 11) is 0. The minimum atomic E-state index is -0.915. The van der Waals surface area contributed by atoms with Crippen LogP contribution in [0.5, 0.6) is 0 Å². The van der Waals surface area contributed by atoms with Gasteiger partial charge in [-0.1, -0.05) is 54.6 Å². The molecule has 1 heterocycles. The lowest BCUT2D eigenvalue weighted by molar-refractivity contribution is 0.0240. The topological polar surface area (TPSA) is 46.5 Å². The molecular formula is C22H16O3. The number of hydrogen-bond donors (Lipinski definition) is 1. The highest BCUT2D eigenvalue weighted by molar-refractivity contribution is 5.88. The zero-order chi connectivity index (χ0) is 17.0. The maximum atomic E-state index is 11.5. The standard InChI is InChI=1S/C22H16O3/c23-21(24)16-9-10-17-13-25-22(20(17)12-16)18-7-3-1-5-14(18)11-15-6-2-4-8-19(15)22/h1-10,12H,11,13H2,(H,23,24). The van der Waals surface area contributed by atoms with E-state index in [0.29, 0.717) is 12.2 Å². The zero-order valence-electron chi connectivity index (χ0n) is 13.5. The molecule has 0 radical (unpaired) electrons. The number of aromatic carboxylic acids is 1. The van der Waals surface area contributed by atoms with E-state index < -0.39 is 11.6 Å². The predicted molar refractivity (Wildman–Crippen MR) is 93.8 cm³/mol. The predicted octanol–water partition coefficient (Wildman–Crippen LogP) is 4.11. The molecule has 0 amide bonds. The highest BCUT2D eigenvalue weighted by atomic mass is 16.5. The van der Waals surface area contributed by atoms with Crippen LogP contribution in [-0.4, -0.2) is 11.1 Å². The van der Waals surface area contributed by atoms with Gasteiger partial charge in [0.05, 0.1) is 12.2 Å². The normalized spacial score (nSPS) is 16.2. The quantitative estimate of drug-likeness (QED) is 0.731. The van der Waals surface area contributed by atoms with Gasteiger partial charge in [0.2, 0.25) is 0 Å². The Kier molecular flexibility index (Phi) is 2.91. The van der Waals surface area contributed by atoms with Gasteiger partial charge in [0.1, 0.15) is 5.60 Å². The molecule has 3 aromatic rings. The van der Waals surface area contributed by atoms with Crippen molar-refractivity contribution in [3.05, 3.63) is 106 Å². The molecule has 0 saturated heterocycles. The summed E-state index contributed by atoms with van der Waals surface area (Å²) in [6.45, 7) is 0.484. The van der Waals surface area contributed by atoms with Gasteiger partial charge in [-0.25, -0.2) is 4.79 Å². The van der Waals surface area contributed by atoms with E-state index in [-0.39, 0.29) is 0 Å². The van der Waals surface area contributed by atoms with Crippen molar-refractivity contribution in [2.75, 3.05) is 0 Å². The summed E-state index contributed by atoms with van der Waals surface area (Å²) in [5, 5.41) is 9.45. The summed E-state index contributed by atoms with van der Waals surface area (Å²) in [5.74, 6) is -0.915. The molecule has 0 fully saturated rings. The molecule has 2 aliphatic rings. The Morgan fingerprint density at radius 3 is 2.12 bits per heavy atom. The molecule has 1 N–H and O–H groups in total. The highest BCUT2D eigenvalue weighted by Crippen LogP contribution is 2.51. The van der Waals surface area contributed by atoms with Crippen LogP contribution in [-0.2, 0) is 23.4 Å². The van der Waals surface area contributed by atoms with Crippen LogP contribution in [0.15, 0.2) is 66.7 Å². The average Bonchev–Trinajstić information content (AvgIpc) is 3.02. The Labute approximate surface area is 145 Å². The van der Waals surface area contributed by atoms with Crippen LogP contribution in [0, 0.1) is 0 Å². The number of fused-ring (bicyclic) bond motifs is 6. The molecule has 3 nitrogen and oxygen atoms in total. The molecular weight excluding hydrogens is 312 g/mol. The van der Waals surface area contributed by atoms with Gasteiger partial charge in [-0.2, -0.15) is 0 Å². The van der Waals surface area contributed by atoms with Crippen LogP contribution in [0.25, 0.3) is 0 Å². The van der Waals surface area contributed by atoms with Crippen LogP contribution in [0.3, 0.4) is 0 Å². The first-order valence-electron chi connectivity index (χ1n) is 8.37. The van der Waals surface area contributed by atoms with Crippen LogP contribution in [0.1, 0.15) is 43.7 Å². The fraction of sp³-hybridized carbons (Fsp3) is 0.136. The maximum absolute atomic E-state index is 11.5. The van der Waals surface area contributed by atoms with Crippen molar-refractivity contribution in [1.82, 2.24) is 0 Å². The lowest BCUT2D eigenvalue weighted by Crippen LogP contribution is -2.34. The lowest BCUT2D eigenvalue weighted by Gasteiger charge is -2.38. The van der Waals surface area contributed by atoms with Gasteiger partial charge in [-0.3, -0.25) is 0 Å². The Bertz CT molecular complexity index is 974. The zero-order valence-corrected chi connectivity index (χ0v) is 13.5. The van der Waals surface area contributed by atoms with Gasteiger partial charge < -0.3 is 9.84 Å². The minimum absolute atomic E-state index is 0.296. The molecule has 5 rings (SSSR count). The Hall–Kier alpha value is -2.91. The third-order valence-electron chi connectivity index (χ3n) is 5.35. The lowest BCUT2D eigenvalue weighted by atomic mass is 9.71. The first-order chi connectivity index (χ1) is 12.2. The Balaban J connectivity index is 1.87. The monoisotopic (exact) mass is 328 g/mol. The molecule has 3 heteroatoms. The molecule has 1 aliphatic carbocycles. The second kappa shape index (κ2) is 5.04. The average molecular weight is 328 g/mol. The van der Waals surface area contributed by atoms with Gasteiger partial charge in [-0.05, 0) is 51.9 Å². The third-order valence-corrected chi connectivity index (χ3v) is 5.35. The molecule has 25 heavy (non-hydrogen) atoms. The SMILES string of the molecule is O=C(O)c1ccc2c(c1)C1(OC2)c2ccccc2Cc2ccccc21. The fourth-order valence-electron chi connectivity index (χ4n) is 4.26. The molecule has 3 aromatic carbocycles. The second-order valence-corrected chi connectivity index (χ2v) is 6.64. The van der Waals surface area contributed by atoms with E-state index >= 15 is 0 Å². The van der Waals surface area contributed by atoms with Crippen molar-refractivity contribution in [3.8, 4) is 0 Å². The first kappa shape index (κ1) is 14.4. The van der Waals surface area contributed by atoms with Crippen LogP contribution >= 0.6 is 0 Å². The first-order valence-corrected chi connectivity index (χ1v) is 8.37. The molecule has 0 atom stereocenters. The van der Waals surface area contributed by atoms with Crippen molar-refractivity contribution in [3.63, 3.8) is 0 Å². The fourth-order valence-corrected chi connectivity index (χ4v) is 4.26. The van der Waals surface area contributed by atoms with Crippen molar-refractivity contribution in [2.24, 2.45) is 0 Å². The number of carboxylic acid groups (broad SMARTS) is 1. The minimum Gasteiger partial charge on any atom is -0.478 e. The largest absolute Gasteiger partial charge is 0.478 e. The third kappa shape index (κ3) is 1.87. The molecule has 0 saturated carbocycles. The smallest absolute Gasteiger partial charge is 0.335 e. The molecule has 0 aromatic heterocycles. The van der Waals surface area contributed by atoms with Crippen LogP contribution in [0.4, 0.5) is 0 Å². The van der Waals surface area contributed by atoms with Gasteiger partial charge in [0, 0.05) is 0 Å². The van der Waals surface area contributed by atoms with E-state index in [2.05, 4.69) is 24.3 Å². The van der Waals surface area contributed by atoms with E-state index in [4.69, 9.17) is 4.74 Å². The molecule has 0 bridgehead atoms. The molecule has 122 valence electrons. The molecule has 1 aliphatic heterocycles. The van der Waals surface area contributed by atoms with E-state index in [1.165, 1.54) is 11.1 Å².